The Hall–Kier alpha value is -2.65. The standard InChI is InChI=1S/C20H26N4O4S/c1-20(2,3)22-29(27,28)17-10-11-18(19(14-17)24(25)26)21-15-6-8-16(9-7-15)23-12-4-5-13-23/h6-11,14,21-22H,4-5,12-13H2,1-3H3. The lowest BCUT2D eigenvalue weighted by atomic mass is 10.1. The molecule has 0 radical (unpaired) electrons. The minimum absolute atomic E-state index is 0.144. The quantitative estimate of drug-likeness (QED) is 0.542. The lowest BCUT2D eigenvalue weighted by molar-refractivity contribution is -0.384. The van der Waals surface area contributed by atoms with Crippen molar-refractivity contribution < 1.29 is 13.3 Å². The number of anilines is 3. The molecule has 9 heteroatoms. The molecule has 2 aromatic rings. The predicted octanol–water partition coefficient (Wildman–Crippen LogP) is 4.02. The fourth-order valence-electron chi connectivity index (χ4n) is 3.28. The van der Waals surface area contributed by atoms with Crippen molar-refractivity contribution >= 4 is 32.8 Å². The molecule has 29 heavy (non-hydrogen) atoms. The van der Waals surface area contributed by atoms with Crippen molar-refractivity contribution in [2.24, 2.45) is 0 Å². The lowest BCUT2D eigenvalue weighted by Crippen LogP contribution is -2.40. The number of rotatable bonds is 6. The van der Waals surface area contributed by atoms with Crippen LogP contribution < -0.4 is 14.9 Å². The van der Waals surface area contributed by atoms with Crippen LogP contribution in [-0.2, 0) is 10.0 Å². The zero-order valence-corrected chi connectivity index (χ0v) is 17.6. The first kappa shape index (κ1) is 21.1. The second kappa shape index (κ2) is 8.00. The van der Waals surface area contributed by atoms with Crippen LogP contribution in [0.4, 0.5) is 22.7 Å². The van der Waals surface area contributed by atoms with Gasteiger partial charge in [-0.2, -0.15) is 0 Å². The van der Waals surface area contributed by atoms with E-state index in [2.05, 4.69) is 14.9 Å². The molecule has 0 aromatic heterocycles. The van der Waals surface area contributed by atoms with Crippen LogP contribution in [0.5, 0.6) is 0 Å². The Labute approximate surface area is 171 Å². The van der Waals surface area contributed by atoms with Gasteiger partial charge in [-0.25, -0.2) is 13.1 Å². The van der Waals surface area contributed by atoms with E-state index < -0.39 is 20.5 Å². The number of nitrogens with zero attached hydrogens (tertiary/aromatic N) is 2. The third-order valence-corrected chi connectivity index (χ3v) is 6.29. The molecule has 0 saturated carbocycles. The van der Waals surface area contributed by atoms with Gasteiger partial charge in [0.25, 0.3) is 5.69 Å². The summed E-state index contributed by atoms with van der Waals surface area (Å²) in [6.45, 7) is 7.20. The zero-order chi connectivity index (χ0) is 21.2. The van der Waals surface area contributed by atoms with E-state index in [0.29, 0.717) is 5.69 Å². The molecule has 0 bridgehead atoms. The molecule has 8 nitrogen and oxygen atoms in total. The van der Waals surface area contributed by atoms with Gasteiger partial charge in [0, 0.05) is 36.1 Å². The van der Waals surface area contributed by atoms with Crippen LogP contribution in [0.25, 0.3) is 0 Å². The van der Waals surface area contributed by atoms with E-state index >= 15 is 0 Å². The summed E-state index contributed by atoms with van der Waals surface area (Å²) in [5.41, 5.74) is 1.06. The van der Waals surface area contributed by atoms with Crippen LogP contribution in [0.2, 0.25) is 0 Å². The number of nitro benzene ring substituents is 1. The van der Waals surface area contributed by atoms with Gasteiger partial charge in [0.05, 0.1) is 9.82 Å². The fourth-order valence-corrected chi connectivity index (χ4v) is 4.72. The third kappa shape index (κ3) is 5.24. The third-order valence-electron chi connectivity index (χ3n) is 4.53. The number of hydrogen-bond acceptors (Lipinski definition) is 6. The van der Waals surface area contributed by atoms with Gasteiger partial charge in [-0.15, -0.1) is 0 Å². The van der Waals surface area contributed by atoms with Crippen LogP contribution >= 0.6 is 0 Å². The maximum atomic E-state index is 12.5. The molecule has 156 valence electrons. The largest absolute Gasteiger partial charge is 0.372 e. The Morgan fingerprint density at radius 3 is 2.21 bits per heavy atom. The normalized spacial score (nSPS) is 14.8. The van der Waals surface area contributed by atoms with Crippen molar-refractivity contribution in [1.82, 2.24) is 4.72 Å². The molecule has 0 unspecified atom stereocenters. The summed E-state index contributed by atoms with van der Waals surface area (Å²) >= 11 is 0. The average Bonchev–Trinajstić information content (AvgIpc) is 3.15. The smallest absolute Gasteiger partial charge is 0.294 e. The molecule has 3 rings (SSSR count). The highest BCUT2D eigenvalue weighted by atomic mass is 32.2. The molecular weight excluding hydrogens is 392 g/mol. The fraction of sp³-hybridized carbons (Fsp3) is 0.400. The second-order valence-corrected chi connectivity index (χ2v) is 9.84. The number of sulfonamides is 1. The van der Waals surface area contributed by atoms with Crippen molar-refractivity contribution in [2.75, 3.05) is 23.3 Å². The number of hydrogen-bond donors (Lipinski definition) is 2. The predicted molar refractivity (Wildman–Crippen MR) is 114 cm³/mol. The van der Waals surface area contributed by atoms with Gasteiger partial charge in [-0.05, 0) is 70.0 Å². The molecule has 1 fully saturated rings. The molecular formula is C20H26N4O4S. The van der Waals surface area contributed by atoms with Crippen LogP contribution in [-0.4, -0.2) is 32.0 Å². The van der Waals surface area contributed by atoms with Crippen LogP contribution in [0, 0.1) is 10.1 Å². The second-order valence-electron chi connectivity index (χ2n) is 8.16. The Morgan fingerprint density at radius 2 is 1.66 bits per heavy atom. The molecule has 0 aliphatic carbocycles. The van der Waals surface area contributed by atoms with Crippen molar-refractivity contribution in [3.8, 4) is 0 Å². The van der Waals surface area contributed by atoms with Crippen molar-refractivity contribution in [2.45, 2.75) is 44.0 Å². The Kier molecular flexibility index (Phi) is 5.81. The van der Waals surface area contributed by atoms with Gasteiger partial charge in [-0.3, -0.25) is 10.1 Å². The first-order valence-electron chi connectivity index (χ1n) is 9.50. The topological polar surface area (TPSA) is 105 Å². The minimum atomic E-state index is -3.87. The molecule has 1 aliphatic heterocycles. The summed E-state index contributed by atoms with van der Waals surface area (Å²) in [5, 5.41) is 14.6. The maximum absolute atomic E-state index is 12.5. The van der Waals surface area contributed by atoms with Gasteiger partial charge in [0.1, 0.15) is 5.69 Å². The molecule has 0 atom stereocenters. The minimum Gasteiger partial charge on any atom is -0.372 e. The summed E-state index contributed by atoms with van der Waals surface area (Å²) in [6, 6.07) is 11.5. The van der Waals surface area contributed by atoms with E-state index in [1.165, 1.54) is 25.0 Å². The molecule has 0 spiro atoms. The molecule has 1 heterocycles. The van der Waals surface area contributed by atoms with Crippen molar-refractivity contribution in [3.05, 3.63) is 52.6 Å². The summed E-state index contributed by atoms with van der Waals surface area (Å²) in [6.07, 6.45) is 2.37. The highest BCUT2D eigenvalue weighted by Crippen LogP contribution is 2.31. The zero-order valence-electron chi connectivity index (χ0n) is 16.8. The Morgan fingerprint density at radius 1 is 1.03 bits per heavy atom. The summed E-state index contributed by atoms with van der Waals surface area (Å²) in [4.78, 5) is 13.1. The lowest BCUT2D eigenvalue weighted by Gasteiger charge is -2.20. The van der Waals surface area contributed by atoms with E-state index in [9.17, 15) is 18.5 Å². The maximum Gasteiger partial charge on any atom is 0.294 e. The molecule has 1 saturated heterocycles. The van der Waals surface area contributed by atoms with Crippen LogP contribution in [0.1, 0.15) is 33.6 Å². The van der Waals surface area contributed by atoms with E-state index in [0.717, 1.165) is 24.8 Å². The Bertz CT molecular complexity index is 992. The monoisotopic (exact) mass is 418 g/mol. The van der Waals surface area contributed by atoms with E-state index in [-0.39, 0.29) is 16.3 Å². The molecule has 2 N–H and O–H groups in total. The number of benzene rings is 2. The van der Waals surface area contributed by atoms with E-state index in [1.807, 2.05) is 24.3 Å². The first-order valence-corrected chi connectivity index (χ1v) is 11.0. The van der Waals surface area contributed by atoms with Gasteiger partial charge in [-0.1, -0.05) is 0 Å². The van der Waals surface area contributed by atoms with Crippen molar-refractivity contribution in [3.63, 3.8) is 0 Å². The van der Waals surface area contributed by atoms with E-state index in [4.69, 9.17) is 0 Å². The summed E-state index contributed by atoms with van der Waals surface area (Å²) in [5.74, 6) is 0. The SMILES string of the molecule is CC(C)(C)NS(=O)(=O)c1ccc(Nc2ccc(N3CCCC3)cc2)c([N+](=O)[O-])c1. The van der Waals surface area contributed by atoms with Crippen LogP contribution in [0.3, 0.4) is 0 Å². The van der Waals surface area contributed by atoms with Gasteiger partial charge in [0.15, 0.2) is 0 Å². The molecule has 1 aliphatic rings. The summed E-state index contributed by atoms with van der Waals surface area (Å²) < 4.78 is 27.5. The number of nitro groups is 1. The highest BCUT2D eigenvalue weighted by Gasteiger charge is 2.25. The molecule has 0 amide bonds. The van der Waals surface area contributed by atoms with Crippen molar-refractivity contribution in [1.29, 1.82) is 0 Å². The summed E-state index contributed by atoms with van der Waals surface area (Å²) in [7, 11) is -3.87. The average molecular weight is 419 g/mol. The van der Waals surface area contributed by atoms with Crippen LogP contribution in [0.15, 0.2) is 47.4 Å². The van der Waals surface area contributed by atoms with Gasteiger partial charge < -0.3 is 10.2 Å². The molecule has 2 aromatic carbocycles. The van der Waals surface area contributed by atoms with Gasteiger partial charge >= 0.3 is 0 Å². The first-order chi connectivity index (χ1) is 13.5. The van der Waals surface area contributed by atoms with Gasteiger partial charge in [0.2, 0.25) is 10.0 Å². The van der Waals surface area contributed by atoms with E-state index in [1.54, 1.807) is 20.8 Å². The highest BCUT2D eigenvalue weighted by molar-refractivity contribution is 7.89. The number of nitrogens with one attached hydrogen (secondary N) is 2. The Balaban J connectivity index is 1.85.